The van der Waals surface area contributed by atoms with Crippen LogP contribution in [-0.4, -0.2) is 66.8 Å². The zero-order valence-electron chi connectivity index (χ0n) is 16.1. The average Bonchev–Trinajstić information content (AvgIpc) is 2.51. The van der Waals surface area contributed by atoms with Crippen molar-refractivity contribution in [2.45, 2.75) is 58.3 Å². The number of rotatable bonds is 6. The summed E-state index contributed by atoms with van der Waals surface area (Å²) in [7, 11) is 0. The van der Waals surface area contributed by atoms with Crippen LogP contribution >= 0.6 is 0 Å². The molecule has 0 aromatic carbocycles. The normalized spacial score (nSPS) is 22.9. The van der Waals surface area contributed by atoms with Gasteiger partial charge in [0.15, 0.2) is 0 Å². The van der Waals surface area contributed by atoms with Gasteiger partial charge in [0.05, 0.1) is 6.54 Å². The fourth-order valence-corrected chi connectivity index (χ4v) is 3.16. The number of primary amides is 2. The highest BCUT2D eigenvalue weighted by atomic mass is 19.3. The first kappa shape index (κ1) is 22.8. The van der Waals surface area contributed by atoms with E-state index >= 15 is 0 Å². The topological polar surface area (TPSA) is 92.7 Å². The summed E-state index contributed by atoms with van der Waals surface area (Å²) in [5.41, 5.74) is 10.5. The molecule has 2 amide bonds. The number of halogens is 2. The summed E-state index contributed by atoms with van der Waals surface area (Å²) >= 11 is 0. The Kier molecular flexibility index (Phi) is 8.89. The van der Waals surface area contributed by atoms with Crippen LogP contribution in [-0.2, 0) is 9.59 Å². The lowest BCUT2D eigenvalue weighted by Gasteiger charge is -2.36. The number of hydrogen-bond donors (Lipinski definition) is 2. The van der Waals surface area contributed by atoms with Gasteiger partial charge in [0.1, 0.15) is 0 Å². The number of carbonyl (C=O) groups excluding carboxylic acids is 2. The molecule has 26 heavy (non-hydrogen) atoms. The third kappa shape index (κ3) is 10.0. The maximum Gasteiger partial charge on any atom is 0.260 e. The fourth-order valence-electron chi connectivity index (χ4n) is 3.16. The maximum atomic E-state index is 12.8. The van der Waals surface area contributed by atoms with Crippen LogP contribution in [0, 0.1) is 5.41 Å². The van der Waals surface area contributed by atoms with E-state index in [0.717, 1.165) is 19.6 Å². The van der Waals surface area contributed by atoms with Crippen molar-refractivity contribution in [1.29, 1.82) is 0 Å². The Bertz CT molecular complexity index is 462. The minimum absolute atomic E-state index is 0.0416. The molecule has 2 fully saturated rings. The van der Waals surface area contributed by atoms with Gasteiger partial charge in [0.2, 0.25) is 11.8 Å². The Balaban J connectivity index is 0.000000260. The van der Waals surface area contributed by atoms with Gasteiger partial charge in [-0.1, -0.05) is 13.8 Å². The predicted molar refractivity (Wildman–Crippen MR) is 97.7 cm³/mol. The summed E-state index contributed by atoms with van der Waals surface area (Å²) in [5.74, 6) is -3.21. The van der Waals surface area contributed by atoms with E-state index in [2.05, 4.69) is 18.7 Å². The molecule has 2 rings (SSSR count). The Morgan fingerprint density at radius 2 is 1.38 bits per heavy atom. The number of likely N-dealkylation sites (tertiary alicyclic amines) is 2. The van der Waals surface area contributed by atoms with Crippen molar-refractivity contribution < 1.29 is 18.4 Å². The molecular formula is C18H34F2N4O2. The molecule has 8 heteroatoms. The third-order valence-electron chi connectivity index (χ3n) is 5.03. The van der Waals surface area contributed by atoms with Crippen LogP contribution < -0.4 is 11.5 Å². The summed E-state index contributed by atoms with van der Waals surface area (Å²) in [4.78, 5) is 24.9. The predicted octanol–water partition coefficient (Wildman–Crippen LogP) is 1.58. The zero-order chi connectivity index (χ0) is 19.8. The van der Waals surface area contributed by atoms with Crippen LogP contribution in [0.1, 0.15) is 52.4 Å². The zero-order valence-corrected chi connectivity index (χ0v) is 16.1. The van der Waals surface area contributed by atoms with Crippen LogP contribution in [0.3, 0.4) is 0 Å². The van der Waals surface area contributed by atoms with Gasteiger partial charge in [-0.2, -0.15) is 0 Å². The average molecular weight is 376 g/mol. The van der Waals surface area contributed by atoms with Crippen molar-refractivity contribution in [2.75, 3.05) is 39.3 Å². The summed E-state index contributed by atoms with van der Waals surface area (Å²) in [6.45, 7) is 8.43. The number of hydrogen-bond acceptors (Lipinski definition) is 4. The summed E-state index contributed by atoms with van der Waals surface area (Å²) in [6, 6.07) is 0. The summed E-state index contributed by atoms with van der Waals surface area (Å²) in [6.07, 6.45) is 3.57. The van der Waals surface area contributed by atoms with Gasteiger partial charge in [-0.15, -0.1) is 0 Å². The van der Waals surface area contributed by atoms with Crippen molar-refractivity contribution in [3.63, 3.8) is 0 Å². The van der Waals surface area contributed by atoms with E-state index in [0.29, 0.717) is 31.3 Å². The molecule has 4 N–H and O–H groups in total. The molecule has 6 nitrogen and oxygen atoms in total. The summed E-state index contributed by atoms with van der Waals surface area (Å²) in [5, 5.41) is 0. The SMILES string of the molecule is CC1(C)CCN(CCC(N)=O)CC1.NC(=O)CCN1CCCC(F)(F)C1. The molecule has 2 aliphatic rings. The van der Waals surface area contributed by atoms with Gasteiger partial charge in [-0.25, -0.2) is 8.78 Å². The molecular weight excluding hydrogens is 342 g/mol. The van der Waals surface area contributed by atoms with E-state index < -0.39 is 11.8 Å². The van der Waals surface area contributed by atoms with Gasteiger partial charge < -0.3 is 16.4 Å². The van der Waals surface area contributed by atoms with Crippen LogP contribution in [0.4, 0.5) is 8.78 Å². The number of nitrogens with zero attached hydrogens (tertiary/aromatic N) is 2. The minimum atomic E-state index is -2.59. The van der Waals surface area contributed by atoms with Gasteiger partial charge >= 0.3 is 0 Å². The second-order valence-electron chi connectivity index (χ2n) is 8.17. The standard InChI is InChI=1S/C10H20N2O.C8H14F2N2O/c1-10(2)4-7-12(8-5-10)6-3-9(11)13;9-8(10)3-1-4-12(6-8)5-2-7(11)13/h3-8H2,1-2H3,(H2,11,13);1-6H2,(H2,11,13). The monoisotopic (exact) mass is 376 g/mol. The van der Waals surface area contributed by atoms with E-state index in [1.165, 1.54) is 12.8 Å². The van der Waals surface area contributed by atoms with E-state index in [1.807, 2.05) is 0 Å². The van der Waals surface area contributed by atoms with Crippen molar-refractivity contribution in [3.8, 4) is 0 Å². The van der Waals surface area contributed by atoms with E-state index in [4.69, 9.17) is 11.5 Å². The molecule has 0 aromatic rings. The van der Waals surface area contributed by atoms with Crippen LogP contribution in [0.2, 0.25) is 0 Å². The summed E-state index contributed by atoms with van der Waals surface area (Å²) < 4.78 is 25.6. The van der Waals surface area contributed by atoms with Crippen molar-refractivity contribution in [3.05, 3.63) is 0 Å². The lowest BCUT2D eigenvalue weighted by Crippen LogP contribution is -2.43. The smallest absolute Gasteiger partial charge is 0.260 e. The van der Waals surface area contributed by atoms with Crippen molar-refractivity contribution >= 4 is 11.8 Å². The maximum absolute atomic E-state index is 12.8. The van der Waals surface area contributed by atoms with Crippen LogP contribution in [0.5, 0.6) is 0 Å². The first-order valence-electron chi connectivity index (χ1n) is 9.38. The second-order valence-corrected chi connectivity index (χ2v) is 8.17. The first-order valence-corrected chi connectivity index (χ1v) is 9.38. The number of nitrogens with two attached hydrogens (primary N) is 2. The molecule has 152 valence electrons. The lowest BCUT2D eigenvalue weighted by molar-refractivity contribution is -0.119. The van der Waals surface area contributed by atoms with Gasteiger partial charge in [0, 0.05) is 32.4 Å². The van der Waals surface area contributed by atoms with Crippen molar-refractivity contribution in [1.82, 2.24) is 9.80 Å². The molecule has 0 unspecified atom stereocenters. The molecule has 0 spiro atoms. The largest absolute Gasteiger partial charge is 0.370 e. The molecule has 0 atom stereocenters. The quantitative estimate of drug-likeness (QED) is 0.736. The first-order chi connectivity index (χ1) is 12.0. The molecule has 0 saturated carbocycles. The molecule has 0 radical (unpaired) electrons. The minimum Gasteiger partial charge on any atom is -0.370 e. The molecule has 2 heterocycles. The fraction of sp³-hybridized carbons (Fsp3) is 0.889. The highest BCUT2D eigenvalue weighted by molar-refractivity contribution is 5.74. The second kappa shape index (κ2) is 10.2. The van der Waals surface area contributed by atoms with Crippen LogP contribution in [0.25, 0.3) is 0 Å². The van der Waals surface area contributed by atoms with Crippen molar-refractivity contribution in [2.24, 2.45) is 16.9 Å². The van der Waals surface area contributed by atoms with Gasteiger partial charge in [-0.05, 0) is 44.3 Å². The highest BCUT2D eigenvalue weighted by Crippen LogP contribution is 2.29. The number of amides is 2. The molecule has 2 aliphatic heterocycles. The highest BCUT2D eigenvalue weighted by Gasteiger charge is 2.34. The van der Waals surface area contributed by atoms with E-state index in [1.54, 1.807) is 4.90 Å². The van der Waals surface area contributed by atoms with Gasteiger partial charge in [-0.3, -0.25) is 14.5 Å². The molecule has 0 bridgehead atoms. The number of carbonyl (C=O) groups is 2. The Morgan fingerprint density at radius 3 is 1.85 bits per heavy atom. The van der Waals surface area contributed by atoms with E-state index in [-0.39, 0.29) is 25.3 Å². The Morgan fingerprint density at radius 1 is 0.885 bits per heavy atom. The van der Waals surface area contributed by atoms with Gasteiger partial charge in [0.25, 0.3) is 5.92 Å². The Hall–Kier alpha value is -1.28. The number of alkyl halides is 2. The van der Waals surface area contributed by atoms with E-state index in [9.17, 15) is 18.4 Å². The number of piperidine rings is 2. The molecule has 0 aromatic heterocycles. The lowest BCUT2D eigenvalue weighted by atomic mass is 9.83. The molecule has 0 aliphatic carbocycles. The van der Waals surface area contributed by atoms with Crippen LogP contribution in [0.15, 0.2) is 0 Å². The third-order valence-corrected chi connectivity index (χ3v) is 5.03. The Labute approximate surface area is 155 Å². The molecule has 2 saturated heterocycles.